The van der Waals surface area contributed by atoms with Gasteiger partial charge in [0.2, 0.25) is 0 Å². The fourth-order valence-electron chi connectivity index (χ4n) is 3.90. The number of hydrogen-bond donors (Lipinski definition) is 0. The number of rotatable bonds is 3. The third kappa shape index (κ3) is 1.33. The molecule has 2 atom stereocenters. The van der Waals surface area contributed by atoms with Crippen LogP contribution in [0.3, 0.4) is 0 Å². The van der Waals surface area contributed by atoms with Gasteiger partial charge in [0.15, 0.2) is 0 Å². The lowest BCUT2D eigenvalue weighted by Crippen LogP contribution is -2.24. The third-order valence-corrected chi connectivity index (χ3v) is 4.95. The van der Waals surface area contributed by atoms with Gasteiger partial charge >= 0.3 is 0 Å². The van der Waals surface area contributed by atoms with Crippen molar-refractivity contribution in [2.45, 2.75) is 52.4 Å². The van der Waals surface area contributed by atoms with E-state index in [2.05, 4.69) is 13.8 Å². The number of hydrogen-bond acceptors (Lipinski definition) is 0. The summed E-state index contributed by atoms with van der Waals surface area (Å²) < 4.78 is 0. The second kappa shape index (κ2) is 2.52. The Bertz CT molecular complexity index is 208. The van der Waals surface area contributed by atoms with Gasteiger partial charge in [0, 0.05) is 0 Å². The van der Waals surface area contributed by atoms with Crippen molar-refractivity contribution in [2.75, 3.05) is 0 Å². The topological polar surface area (TPSA) is 0 Å². The summed E-state index contributed by atoms with van der Waals surface area (Å²) in [6.45, 7) is 4.91. The van der Waals surface area contributed by atoms with Crippen molar-refractivity contribution in [3.63, 3.8) is 0 Å². The van der Waals surface area contributed by atoms with Crippen molar-refractivity contribution in [3.05, 3.63) is 0 Å². The molecule has 13 heavy (non-hydrogen) atoms. The van der Waals surface area contributed by atoms with Crippen LogP contribution >= 0.6 is 0 Å². The van der Waals surface area contributed by atoms with Gasteiger partial charge in [-0.15, -0.1) is 0 Å². The lowest BCUT2D eigenvalue weighted by atomic mass is 9.70. The maximum Gasteiger partial charge on any atom is -0.0261 e. The zero-order chi connectivity index (χ0) is 9.05. The minimum absolute atomic E-state index is 0.905. The van der Waals surface area contributed by atoms with Gasteiger partial charge in [0.25, 0.3) is 0 Å². The molecule has 0 aromatic rings. The van der Waals surface area contributed by atoms with Crippen LogP contribution in [-0.4, -0.2) is 0 Å². The molecule has 0 aliphatic heterocycles. The minimum atomic E-state index is 0.905. The molecule has 74 valence electrons. The lowest BCUT2D eigenvalue weighted by molar-refractivity contribution is 0.157. The largest absolute Gasteiger partial charge is 0.0625 e. The first-order valence-corrected chi connectivity index (χ1v) is 6.20. The van der Waals surface area contributed by atoms with E-state index >= 15 is 0 Å². The Hall–Kier alpha value is 0. The molecule has 0 radical (unpaired) electrons. The van der Waals surface area contributed by atoms with Gasteiger partial charge in [-0.1, -0.05) is 13.8 Å². The Labute approximate surface area is 82.1 Å². The summed E-state index contributed by atoms with van der Waals surface area (Å²) in [7, 11) is 0. The Morgan fingerprint density at radius 1 is 1.23 bits per heavy atom. The van der Waals surface area contributed by atoms with Crippen LogP contribution in [0, 0.1) is 29.1 Å². The molecule has 3 saturated carbocycles. The van der Waals surface area contributed by atoms with Gasteiger partial charge in [0.05, 0.1) is 0 Å². The molecule has 0 amide bonds. The normalized spacial score (nSPS) is 50.3. The van der Waals surface area contributed by atoms with E-state index in [4.69, 9.17) is 0 Å². The zero-order valence-corrected chi connectivity index (χ0v) is 9.05. The van der Waals surface area contributed by atoms with Crippen molar-refractivity contribution >= 4 is 0 Å². The van der Waals surface area contributed by atoms with Gasteiger partial charge in [-0.3, -0.25) is 0 Å². The molecule has 0 aromatic heterocycles. The summed E-state index contributed by atoms with van der Waals surface area (Å²) in [5.41, 5.74) is 0.905. The fourth-order valence-corrected chi connectivity index (χ4v) is 3.90. The van der Waals surface area contributed by atoms with Crippen LogP contribution in [0.2, 0.25) is 0 Å². The molecule has 3 aliphatic carbocycles. The molecular weight excluding hydrogens is 156 g/mol. The predicted molar refractivity (Wildman–Crippen MR) is 55.4 cm³/mol. The molecule has 3 aliphatic rings. The highest BCUT2D eigenvalue weighted by Gasteiger charge is 2.60. The summed E-state index contributed by atoms with van der Waals surface area (Å²) in [6.07, 6.45) is 9.37. The smallest absolute Gasteiger partial charge is 0.0261 e. The third-order valence-electron chi connectivity index (χ3n) is 4.95. The second-order valence-electron chi connectivity index (χ2n) is 6.33. The molecule has 1 spiro atoms. The maximum atomic E-state index is 2.49. The minimum Gasteiger partial charge on any atom is -0.0625 e. The van der Waals surface area contributed by atoms with Crippen LogP contribution in [0.25, 0.3) is 0 Å². The quantitative estimate of drug-likeness (QED) is 0.615. The van der Waals surface area contributed by atoms with Gasteiger partial charge in [-0.2, -0.15) is 0 Å². The highest BCUT2D eigenvalue weighted by atomic mass is 14.6. The van der Waals surface area contributed by atoms with E-state index < -0.39 is 0 Å². The van der Waals surface area contributed by atoms with E-state index in [1.54, 1.807) is 25.7 Å². The van der Waals surface area contributed by atoms with Gasteiger partial charge in [-0.05, 0) is 67.6 Å². The van der Waals surface area contributed by atoms with Crippen LogP contribution in [-0.2, 0) is 0 Å². The van der Waals surface area contributed by atoms with Crippen LogP contribution in [0.5, 0.6) is 0 Å². The monoisotopic (exact) mass is 178 g/mol. The van der Waals surface area contributed by atoms with Crippen LogP contribution in [0.15, 0.2) is 0 Å². The van der Waals surface area contributed by atoms with E-state index in [1.165, 1.54) is 12.8 Å². The van der Waals surface area contributed by atoms with E-state index in [0.717, 1.165) is 29.1 Å². The summed E-state index contributed by atoms with van der Waals surface area (Å²) in [5.74, 6) is 4.40. The molecule has 0 nitrogen and oxygen atoms in total. The summed E-state index contributed by atoms with van der Waals surface area (Å²) in [4.78, 5) is 0. The van der Waals surface area contributed by atoms with Crippen molar-refractivity contribution in [1.82, 2.24) is 0 Å². The first-order chi connectivity index (χ1) is 6.20. The van der Waals surface area contributed by atoms with Crippen molar-refractivity contribution < 1.29 is 0 Å². The van der Waals surface area contributed by atoms with Crippen molar-refractivity contribution in [3.8, 4) is 0 Å². The Kier molecular flexibility index (Phi) is 1.61. The first kappa shape index (κ1) is 8.32. The van der Waals surface area contributed by atoms with Crippen LogP contribution in [0.4, 0.5) is 0 Å². The molecular formula is C13H22. The molecule has 3 rings (SSSR count). The molecule has 2 unspecified atom stereocenters. The Morgan fingerprint density at radius 2 is 1.92 bits per heavy atom. The van der Waals surface area contributed by atoms with Crippen LogP contribution < -0.4 is 0 Å². The van der Waals surface area contributed by atoms with Gasteiger partial charge in [0.1, 0.15) is 0 Å². The Balaban J connectivity index is 1.48. The summed E-state index contributed by atoms with van der Waals surface area (Å²) in [5, 5.41) is 0. The van der Waals surface area contributed by atoms with Gasteiger partial charge < -0.3 is 0 Å². The fraction of sp³-hybridized carbons (Fsp3) is 1.00. The van der Waals surface area contributed by atoms with E-state index in [-0.39, 0.29) is 0 Å². The first-order valence-electron chi connectivity index (χ1n) is 6.20. The van der Waals surface area contributed by atoms with Crippen molar-refractivity contribution in [2.24, 2.45) is 29.1 Å². The predicted octanol–water partition coefficient (Wildman–Crippen LogP) is 3.86. The molecule has 3 fully saturated rings. The van der Waals surface area contributed by atoms with Crippen molar-refractivity contribution in [1.29, 1.82) is 0 Å². The highest BCUT2D eigenvalue weighted by Crippen LogP contribution is 2.69. The molecule has 0 heteroatoms. The second-order valence-corrected chi connectivity index (χ2v) is 6.33. The average molecular weight is 178 g/mol. The molecule has 0 saturated heterocycles. The molecule has 0 N–H and O–H groups in total. The molecule has 0 aromatic carbocycles. The van der Waals surface area contributed by atoms with E-state index in [9.17, 15) is 0 Å². The van der Waals surface area contributed by atoms with Gasteiger partial charge in [-0.25, -0.2) is 0 Å². The maximum absolute atomic E-state index is 2.49. The average Bonchev–Trinajstić information content (AvgIpc) is 2.79. The van der Waals surface area contributed by atoms with E-state index in [1.807, 2.05) is 0 Å². The molecule has 0 heterocycles. The standard InChI is InChI=1S/C13H22/c1-9-6-13(7-9)8-12(13)5-10(2)11-3-4-11/h9-12H,3-8H2,1-2H3. The zero-order valence-electron chi connectivity index (χ0n) is 9.05. The highest BCUT2D eigenvalue weighted by molar-refractivity contribution is 5.09. The van der Waals surface area contributed by atoms with E-state index in [0.29, 0.717) is 0 Å². The summed E-state index contributed by atoms with van der Waals surface area (Å²) in [6, 6.07) is 0. The molecule has 0 bridgehead atoms. The van der Waals surface area contributed by atoms with Crippen LogP contribution in [0.1, 0.15) is 52.4 Å². The SMILES string of the molecule is CC1CC2(C1)CC2CC(C)C1CC1. The summed E-state index contributed by atoms with van der Waals surface area (Å²) >= 11 is 0. The Morgan fingerprint density at radius 3 is 2.46 bits per heavy atom. The lowest BCUT2D eigenvalue weighted by Gasteiger charge is -2.35.